The number of carbonyl (C=O) groups is 1. The van der Waals surface area contributed by atoms with Crippen molar-refractivity contribution in [2.45, 2.75) is 20.3 Å². The highest BCUT2D eigenvalue weighted by Crippen LogP contribution is 2.22. The van der Waals surface area contributed by atoms with Gasteiger partial charge in [0.1, 0.15) is 11.6 Å². The number of likely N-dealkylation sites (N-methyl/N-ethyl adjacent to an activating group) is 1. The largest absolute Gasteiger partial charge is 0.338 e. The average molecular weight is 375 g/mol. The molecule has 1 saturated heterocycles. The van der Waals surface area contributed by atoms with E-state index in [1.54, 1.807) is 0 Å². The summed E-state index contributed by atoms with van der Waals surface area (Å²) in [5.74, 6) is -1.15. The fourth-order valence-corrected chi connectivity index (χ4v) is 3.05. The number of nitrogens with zero attached hydrogens (tertiary/aromatic N) is 4. The monoisotopic (exact) mass is 375 g/mol. The second kappa shape index (κ2) is 7.96. The van der Waals surface area contributed by atoms with Crippen LogP contribution in [0.15, 0.2) is 18.2 Å². The molecule has 0 unspecified atom stereocenters. The van der Waals surface area contributed by atoms with Gasteiger partial charge in [-0.15, -0.1) is 0 Å². The predicted octanol–water partition coefficient (Wildman–Crippen LogP) is 2.30. The molecule has 0 atom stereocenters. The summed E-state index contributed by atoms with van der Waals surface area (Å²) < 4.78 is 26.7. The average Bonchev–Trinajstić information content (AvgIpc) is 2.61. The molecule has 1 aromatic heterocycles. The maximum absolute atomic E-state index is 13.7. The Balaban J connectivity index is 1.72. The lowest BCUT2D eigenvalue weighted by molar-refractivity contribution is -0.115. The van der Waals surface area contributed by atoms with Crippen LogP contribution in [0.4, 0.5) is 20.4 Å². The SMILES string of the molecule is Cc1nc(N2CCN(C)CC2)nc(C)c1NC(=O)Cc1ccc(F)cc1F. The van der Waals surface area contributed by atoms with Crippen LogP contribution in [-0.4, -0.2) is 54.0 Å². The van der Waals surface area contributed by atoms with Crippen molar-refractivity contribution in [2.24, 2.45) is 0 Å². The smallest absolute Gasteiger partial charge is 0.229 e. The first-order chi connectivity index (χ1) is 12.8. The molecule has 2 aromatic rings. The molecule has 0 bridgehead atoms. The van der Waals surface area contributed by atoms with Crippen LogP contribution in [0.2, 0.25) is 0 Å². The number of benzene rings is 1. The minimum atomic E-state index is -0.736. The molecule has 0 spiro atoms. The molecule has 3 rings (SSSR count). The number of amides is 1. The van der Waals surface area contributed by atoms with Crippen molar-refractivity contribution in [2.75, 3.05) is 43.4 Å². The Morgan fingerprint density at radius 1 is 1.11 bits per heavy atom. The standard InChI is InChI=1S/C19H23F2N5O/c1-12-18(24-17(27)10-14-4-5-15(20)11-16(14)21)13(2)23-19(22-12)26-8-6-25(3)7-9-26/h4-5,11H,6-10H2,1-3H3,(H,24,27). The molecule has 8 heteroatoms. The van der Waals surface area contributed by atoms with E-state index in [1.165, 1.54) is 6.07 Å². The van der Waals surface area contributed by atoms with Crippen LogP contribution in [0.1, 0.15) is 17.0 Å². The van der Waals surface area contributed by atoms with Gasteiger partial charge in [-0.2, -0.15) is 0 Å². The number of halogens is 2. The molecule has 1 aliphatic heterocycles. The Hall–Kier alpha value is -2.61. The van der Waals surface area contributed by atoms with Gasteiger partial charge in [0.2, 0.25) is 11.9 Å². The predicted molar refractivity (Wildman–Crippen MR) is 99.9 cm³/mol. The third kappa shape index (κ3) is 4.57. The summed E-state index contributed by atoms with van der Waals surface area (Å²) in [6, 6.07) is 3.18. The van der Waals surface area contributed by atoms with Crippen molar-refractivity contribution in [3.05, 3.63) is 46.8 Å². The summed E-state index contributed by atoms with van der Waals surface area (Å²) in [7, 11) is 2.08. The van der Waals surface area contributed by atoms with E-state index in [0.717, 1.165) is 38.3 Å². The normalized spacial score (nSPS) is 15.1. The Bertz CT molecular complexity index is 827. The number of nitrogens with one attached hydrogen (secondary N) is 1. The Kier molecular flexibility index (Phi) is 5.65. The highest BCUT2D eigenvalue weighted by Gasteiger charge is 2.19. The molecule has 27 heavy (non-hydrogen) atoms. The zero-order valence-electron chi connectivity index (χ0n) is 15.7. The van der Waals surface area contributed by atoms with E-state index in [-0.39, 0.29) is 12.0 Å². The highest BCUT2D eigenvalue weighted by atomic mass is 19.1. The zero-order valence-corrected chi connectivity index (χ0v) is 15.7. The molecule has 0 radical (unpaired) electrons. The van der Waals surface area contributed by atoms with Crippen LogP contribution in [0, 0.1) is 25.5 Å². The topological polar surface area (TPSA) is 61.4 Å². The number of piperazine rings is 1. The minimum absolute atomic E-state index is 0.138. The first kappa shape index (κ1) is 19.2. The van der Waals surface area contributed by atoms with Gasteiger partial charge < -0.3 is 15.1 Å². The van der Waals surface area contributed by atoms with E-state index in [1.807, 2.05) is 13.8 Å². The third-order valence-corrected chi connectivity index (χ3v) is 4.68. The lowest BCUT2D eigenvalue weighted by Crippen LogP contribution is -2.45. The number of anilines is 2. The number of rotatable bonds is 4. The van der Waals surface area contributed by atoms with Gasteiger partial charge in [-0.3, -0.25) is 4.79 Å². The van der Waals surface area contributed by atoms with Crippen LogP contribution in [0.3, 0.4) is 0 Å². The van der Waals surface area contributed by atoms with E-state index >= 15 is 0 Å². The summed E-state index contributed by atoms with van der Waals surface area (Å²) in [6.45, 7) is 7.22. The summed E-state index contributed by atoms with van der Waals surface area (Å²) in [5, 5.41) is 2.75. The summed E-state index contributed by atoms with van der Waals surface area (Å²) in [6.07, 6.45) is -0.189. The molecule has 1 fully saturated rings. The molecule has 1 aliphatic rings. The van der Waals surface area contributed by atoms with Gasteiger partial charge in [-0.1, -0.05) is 6.07 Å². The van der Waals surface area contributed by atoms with Crippen molar-refractivity contribution >= 4 is 17.5 Å². The van der Waals surface area contributed by atoms with Crippen LogP contribution < -0.4 is 10.2 Å². The molecule has 1 aromatic carbocycles. The number of aryl methyl sites for hydroxylation is 2. The van der Waals surface area contributed by atoms with E-state index in [2.05, 4.69) is 32.1 Å². The van der Waals surface area contributed by atoms with Crippen molar-refractivity contribution < 1.29 is 13.6 Å². The molecule has 2 heterocycles. The second-order valence-corrected chi connectivity index (χ2v) is 6.82. The van der Waals surface area contributed by atoms with Gasteiger partial charge in [0.05, 0.1) is 23.5 Å². The first-order valence-electron chi connectivity index (χ1n) is 8.86. The Labute approximate surface area is 157 Å². The van der Waals surface area contributed by atoms with Gasteiger partial charge >= 0.3 is 0 Å². The lowest BCUT2D eigenvalue weighted by atomic mass is 10.1. The number of aromatic nitrogens is 2. The molecule has 1 N–H and O–H groups in total. The maximum Gasteiger partial charge on any atom is 0.229 e. The fourth-order valence-electron chi connectivity index (χ4n) is 3.05. The first-order valence-corrected chi connectivity index (χ1v) is 8.86. The molecule has 6 nitrogen and oxygen atoms in total. The van der Waals surface area contributed by atoms with Gasteiger partial charge in [0.25, 0.3) is 0 Å². The Morgan fingerprint density at radius 2 is 1.74 bits per heavy atom. The molecule has 0 saturated carbocycles. The maximum atomic E-state index is 13.7. The number of carbonyl (C=O) groups excluding carboxylic acids is 1. The molecular formula is C19H23F2N5O. The van der Waals surface area contributed by atoms with Crippen LogP contribution in [-0.2, 0) is 11.2 Å². The third-order valence-electron chi connectivity index (χ3n) is 4.68. The molecular weight excluding hydrogens is 352 g/mol. The summed E-state index contributed by atoms with van der Waals surface area (Å²) in [4.78, 5) is 25.7. The lowest BCUT2D eigenvalue weighted by Gasteiger charge is -2.32. The van der Waals surface area contributed by atoms with Crippen LogP contribution in [0.5, 0.6) is 0 Å². The molecule has 1 amide bonds. The minimum Gasteiger partial charge on any atom is -0.338 e. The van der Waals surface area contributed by atoms with Gasteiger partial charge in [-0.25, -0.2) is 18.7 Å². The van der Waals surface area contributed by atoms with Crippen molar-refractivity contribution in [1.82, 2.24) is 14.9 Å². The van der Waals surface area contributed by atoms with E-state index < -0.39 is 17.5 Å². The zero-order chi connectivity index (χ0) is 19.6. The molecule has 0 aliphatic carbocycles. The molecule has 144 valence electrons. The van der Waals surface area contributed by atoms with E-state index in [4.69, 9.17) is 0 Å². The van der Waals surface area contributed by atoms with E-state index in [0.29, 0.717) is 23.0 Å². The van der Waals surface area contributed by atoms with Gasteiger partial charge in [-0.05, 0) is 32.5 Å². The summed E-state index contributed by atoms with van der Waals surface area (Å²) in [5.41, 5.74) is 1.98. The summed E-state index contributed by atoms with van der Waals surface area (Å²) >= 11 is 0. The quantitative estimate of drug-likeness (QED) is 0.889. The van der Waals surface area contributed by atoms with Crippen LogP contribution in [0.25, 0.3) is 0 Å². The van der Waals surface area contributed by atoms with Crippen molar-refractivity contribution in [1.29, 1.82) is 0 Å². The van der Waals surface area contributed by atoms with Crippen molar-refractivity contribution in [3.8, 4) is 0 Å². The highest BCUT2D eigenvalue weighted by molar-refractivity contribution is 5.93. The van der Waals surface area contributed by atoms with Gasteiger partial charge in [0.15, 0.2) is 0 Å². The number of hydrogen-bond donors (Lipinski definition) is 1. The Morgan fingerprint density at radius 3 is 2.33 bits per heavy atom. The van der Waals surface area contributed by atoms with Crippen LogP contribution >= 0.6 is 0 Å². The van der Waals surface area contributed by atoms with E-state index in [9.17, 15) is 13.6 Å². The fraction of sp³-hybridized carbons (Fsp3) is 0.421. The number of hydrogen-bond acceptors (Lipinski definition) is 5. The van der Waals surface area contributed by atoms with Crippen molar-refractivity contribution in [3.63, 3.8) is 0 Å². The van der Waals surface area contributed by atoms with Gasteiger partial charge in [0, 0.05) is 32.2 Å². The second-order valence-electron chi connectivity index (χ2n) is 6.82.